The highest BCUT2D eigenvalue weighted by molar-refractivity contribution is 9.10. The predicted molar refractivity (Wildman–Crippen MR) is 91.2 cm³/mol. The summed E-state index contributed by atoms with van der Waals surface area (Å²) in [6, 6.07) is 7.43. The van der Waals surface area contributed by atoms with Crippen molar-refractivity contribution in [1.82, 2.24) is 0 Å². The minimum atomic E-state index is 0.701. The third kappa shape index (κ3) is 3.98. The Morgan fingerprint density at radius 1 is 1.26 bits per heavy atom. The molecule has 1 fully saturated rings. The third-order valence-corrected chi connectivity index (χ3v) is 4.92. The van der Waals surface area contributed by atoms with Gasteiger partial charge < -0.3 is 4.90 Å². The van der Waals surface area contributed by atoms with Crippen molar-refractivity contribution in [3.63, 3.8) is 0 Å². The van der Waals surface area contributed by atoms with E-state index in [-0.39, 0.29) is 0 Å². The fourth-order valence-electron chi connectivity index (χ4n) is 2.99. The Morgan fingerprint density at radius 2 is 1.95 bits per heavy atom. The SMILES string of the molecule is CC(C)CN(c1ccc(Br)cc1CBr)C1CCCC1. The Labute approximate surface area is 134 Å². The first-order chi connectivity index (χ1) is 9.11. The van der Waals surface area contributed by atoms with E-state index < -0.39 is 0 Å². The largest absolute Gasteiger partial charge is 0.368 e. The summed E-state index contributed by atoms with van der Waals surface area (Å²) in [7, 11) is 0. The summed E-state index contributed by atoms with van der Waals surface area (Å²) < 4.78 is 1.17. The van der Waals surface area contributed by atoms with Crippen LogP contribution in [-0.2, 0) is 5.33 Å². The second-order valence-electron chi connectivity index (χ2n) is 5.89. The average Bonchev–Trinajstić information content (AvgIpc) is 2.89. The molecule has 1 nitrogen and oxygen atoms in total. The Balaban J connectivity index is 2.30. The normalized spacial score (nSPS) is 16.3. The molecule has 0 saturated heterocycles. The number of nitrogens with zero attached hydrogens (tertiary/aromatic N) is 1. The van der Waals surface area contributed by atoms with Gasteiger partial charge in [-0.25, -0.2) is 0 Å². The number of benzene rings is 1. The number of hydrogen-bond acceptors (Lipinski definition) is 1. The first kappa shape index (κ1) is 15.4. The van der Waals surface area contributed by atoms with Gasteiger partial charge in [-0.05, 0) is 42.5 Å². The number of hydrogen-bond donors (Lipinski definition) is 0. The summed E-state index contributed by atoms with van der Waals surface area (Å²) in [5.41, 5.74) is 2.81. The Morgan fingerprint density at radius 3 is 2.53 bits per heavy atom. The topological polar surface area (TPSA) is 3.24 Å². The molecule has 1 aromatic carbocycles. The van der Waals surface area contributed by atoms with Crippen molar-refractivity contribution >= 4 is 37.5 Å². The average molecular weight is 389 g/mol. The van der Waals surface area contributed by atoms with E-state index in [2.05, 4.69) is 68.8 Å². The molecule has 1 saturated carbocycles. The Bertz CT molecular complexity index is 411. The second-order valence-corrected chi connectivity index (χ2v) is 7.37. The van der Waals surface area contributed by atoms with Gasteiger partial charge in [-0.1, -0.05) is 58.5 Å². The molecule has 0 spiro atoms. The van der Waals surface area contributed by atoms with Crippen LogP contribution in [0.15, 0.2) is 22.7 Å². The van der Waals surface area contributed by atoms with Crippen LogP contribution in [0.1, 0.15) is 45.1 Å². The lowest BCUT2D eigenvalue weighted by molar-refractivity contribution is 0.535. The van der Waals surface area contributed by atoms with Gasteiger partial charge in [0.25, 0.3) is 0 Å². The van der Waals surface area contributed by atoms with Gasteiger partial charge in [0.2, 0.25) is 0 Å². The summed E-state index contributed by atoms with van der Waals surface area (Å²) >= 11 is 7.22. The van der Waals surface area contributed by atoms with Crippen molar-refractivity contribution < 1.29 is 0 Å². The monoisotopic (exact) mass is 387 g/mol. The van der Waals surface area contributed by atoms with Gasteiger partial charge >= 0.3 is 0 Å². The predicted octanol–water partition coefficient (Wildman–Crippen LogP) is 5.75. The number of anilines is 1. The number of rotatable bonds is 5. The molecule has 0 radical (unpaired) electrons. The summed E-state index contributed by atoms with van der Waals surface area (Å²) in [4.78, 5) is 2.65. The van der Waals surface area contributed by atoms with Crippen molar-refractivity contribution in [2.75, 3.05) is 11.4 Å². The minimum absolute atomic E-state index is 0.701. The van der Waals surface area contributed by atoms with Crippen molar-refractivity contribution in [3.05, 3.63) is 28.2 Å². The van der Waals surface area contributed by atoms with Crippen LogP contribution in [-0.4, -0.2) is 12.6 Å². The zero-order valence-electron chi connectivity index (χ0n) is 11.8. The van der Waals surface area contributed by atoms with Crippen LogP contribution in [0.2, 0.25) is 0 Å². The summed E-state index contributed by atoms with van der Waals surface area (Å²) in [5.74, 6) is 0.701. The van der Waals surface area contributed by atoms with Crippen molar-refractivity contribution in [2.45, 2.75) is 50.9 Å². The summed E-state index contributed by atoms with van der Waals surface area (Å²) in [5, 5.41) is 0.920. The van der Waals surface area contributed by atoms with Crippen LogP contribution in [0, 0.1) is 5.92 Å². The molecule has 0 unspecified atom stereocenters. The standard InChI is InChI=1S/C16H23Br2N/c1-12(2)11-19(15-5-3-4-6-15)16-8-7-14(18)9-13(16)10-17/h7-9,12,15H,3-6,10-11H2,1-2H3. The van der Waals surface area contributed by atoms with E-state index in [1.54, 1.807) is 0 Å². The maximum Gasteiger partial charge on any atom is 0.0410 e. The van der Waals surface area contributed by atoms with Gasteiger partial charge in [0.1, 0.15) is 0 Å². The smallest absolute Gasteiger partial charge is 0.0410 e. The van der Waals surface area contributed by atoms with Gasteiger partial charge in [0, 0.05) is 28.1 Å². The van der Waals surface area contributed by atoms with E-state index in [1.165, 1.54) is 41.4 Å². The lowest BCUT2D eigenvalue weighted by atomic mass is 10.1. The van der Waals surface area contributed by atoms with Crippen LogP contribution in [0.3, 0.4) is 0 Å². The molecule has 0 bridgehead atoms. The minimum Gasteiger partial charge on any atom is -0.368 e. The molecule has 0 heterocycles. The maximum absolute atomic E-state index is 3.64. The van der Waals surface area contributed by atoms with Crippen LogP contribution < -0.4 is 4.90 Å². The zero-order valence-corrected chi connectivity index (χ0v) is 15.0. The summed E-state index contributed by atoms with van der Waals surface area (Å²) in [6.45, 7) is 5.79. The lowest BCUT2D eigenvalue weighted by Crippen LogP contribution is -2.36. The molecule has 1 aliphatic rings. The zero-order chi connectivity index (χ0) is 13.8. The van der Waals surface area contributed by atoms with Gasteiger partial charge in [-0.3, -0.25) is 0 Å². The van der Waals surface area contributed by atoms with Gasteiger partial charge in [-0.2, -0.15) is 0 Å². The molecule has 0 aromatic heterocycles. The van der Waals surface area contributed by atoms with Crippen LogP contribution in [0.25, 0.3) is 0 Å². The van der Waals surface area contributed by atoms with E-state index in [1.807, 2.05) is 0 Å². The molecule has 1 aromatic rings. The van der Waals surface area contributed by atoms with E-state index >= 15 is 0 Å². The highest BCUT2D eigenvalue weighted by Crippen LogP contribution is 2.33. The van der Waals surface area contributed by atoms with Crippen LogP contribution >= 0.6 is 31.9 Å². The second kappa shape index (κ2) is 7.12. The molecule has 0 atom stereocenters. The van der Waals surface area contributed by atoms with Gasteiger partial charge in [0.15, 0.2) is 0 Å². The fourth-order valence-corrected chi connectivity index (χ4v) is 3.85. The molecule has 106 valence electrons. The maximum atomic E-state index is 3.64. The molecule has 3 heteroatoms. The first-order valence-corrected chi connectivity index (χ1v) is 9.14. The van der Waals surface area contributed by atoms with E-state index in [0.717, 1.165) is 17.9 Å². The Hall–Kier alpha value is -0.0200. The molecule has 2 rings (SSSR count). The van der Waals surface area contributed by atoms with Gasteiger partial charge in [0.05, 0.1) is 0 Å². The van der Waals surface area contributed by atoms with Crippen molar-refractivity contribution in [1.29, 1.82) is 0 Å². The van der Waals surface area contributed by atoms with Crippen LogP contribution in [0.4, 0.5) is 5.69 Å². The molecule has 19 heavy (non-hydrogen) atoms. The molecular formula is C16H23Br2N. The van der Waals surface area contributed by atoms with Crippen molar-refractivity contribution in [2.24, 2.45) is 5.92 Å². The highest BCUT2D eigenvalue weighted by atomic mass is 79.9. The van der Waals surface area contributed by atoms with Gasteiger partial charge in [-0.15, -0.1) is 0 Å². The molecular weight excluding hydrogens is 366 g/mol. The molecule has 0 amide bonds. The third-order valence-electron chi connectivity index (χ3n) is 3.82. The highest BCUT2D eigenvalue weighted by Gasteiger charge is 2.24. The molecule has 0 N–H and O–H groups in total. The quantitative estimate of drug-likeness (QED) is 0.580. The Kier molecular flexibility index (Phi) is 5.76. The fraction of sp³-hybridized carbons (Fsp3) is 0.625. The lowest BCUT2D eigenvalue weighted by Gasteiger charge is -2.34. The number of halogens is 2. The molecule has 0 aliphatic heterocycles. The first-order valence-electron chi connectivity index (χ1n) is 7.23. The summed E-state index contributed by atoms with van der Waals surface area (Å²) in [6.07, 6.45) is 5.48. The van der Waals surface area contributed by atoms with E-state index in [4.69, 9.17) is 0 Å². The van der Waals surface area contributed by atoms with E-state index in [0.29, 0.717) is 5.92 Å². The van der Waals surface area contributed by atoms with E-state index in [9.17, 15) is 0 Å². The molecule has 1 aliphatic carbocycles. The van der Waals surface area contributed by atoms with Crippen molar-refractivity contribution in [3.8, 4) is 0 Å². The number of alkyl halides is 1. The van der Waals surface area contributed by atoms with Crippen LogP contribution in [0.5, 0.6) is 0 Å².